The molecule has 0 aromatic heterocycles. The van der Waals surface area contributed by atoms with Crippen molar-refractivity contribution in [1.82, 2.24) is 0 Å². The van der Waals surface area contributed by atoms with Gasteiger partial charge in [-0.25, -0.2) is 4.99 Å². The van der Waals surface area contributed by atoms with Crippen LogP contribution in [-0.4, -0.2) is 41.3 Å². The van der Waals surface area contributed by atoms with Crippen molar-refractivity contribution < 1.29 is 9.59 Å². The Morgan fingerprint density at radius 2 is 1.34 bits per heavy atom. The highest BCUT2D eigenvalue weighted by molar-refractivity contribution is 5.76. The van der Waals surface area contributed by atoms with Gasteiger partial charge in [-0.1, -0.05) is 83.3 Å². The topological polar surface area (TPSA) is 32.6 Å². The van der Waals surface area contributed by atoms with Crippen LogP contribution in [0.4, 0.5) is 0 Å². The third kappa shape index (κ3) is 10.8. The van der Waals surface area contributed by atoms with E-state index < -0.39 is 0 Å². The zero-order chi connectivity index (χ0) is 21.2. The van der Waals surface area contributed by atoms with Crippen molar-refractivity contribution in [1.29, 1.82) is 0 Å². The van der Waals surface area contributed by atoms with Gasteiger partial charge in [0.05, 0.1) is 13.1 Å². The van der Waals surface area contributed by atoms with E-state index in [0.29, 0.717) is 4.48 Å². The zero-order valence-corrected chi connectivity index (χ0v) is 20.0. The number of aliphatic imine (C=N–C) groups is 1. The number of aliphatic hydroxyl groups excluding tert-OH is 1. The second-order valence-electron chi connectivity index (χ2n) is 9.05. The fraction of sp³-hybridized carbons (Fsp3) is 0.885. The lowest BCUT2D eigenvalue weighted by Gasteiger charge is -2.36. The molecule has 0 spiro atoms. The van der Waals surface area contributed by atoms with Gasteiger partial charge in [0.15, 0.2) is 6.23 Å². The van der Waals surface area contributed by atoms with E-state index in [9.17, 15) is 5.11 Å². The lowest BCUT2D eigenvalue weighted by Crippen LogP contribution is -2.56. The van der Waals surface area contributed by atoms with Crippen molar-refractivity contribution in [2.75, 3.05) is 19.6 Å². The molecule has 3 heteroatoms. The van der Waals surface area contributed by atoms with E-state index in [4.69, 9.17) is 4.99 Å². The van der Waals surface area contributed by atoms with E-state index in [1.807, 2.05) is 6.92 Å². The molecule has 2 unspecified atom stereocenters. The van der Waals surface area contributed by atoms with E-state index >= 15 is 0 Å². The molecule has 0 saturated carbocycles. The van der Waals surface area contributed by atoms with Crippen LogP contribution < -0.4 is 0 Å². The van der Waals surface area contributed by atoms with Crippen LogP contribution in [0.5, 0.6) is 0 Å². The number of likely N-dealkylation sites (N-methyl/N-ethyl adjacent to an activating group) is 1. The average Bonchev–Trinajstić information content (AvgIpc) is 3.14. The Morgan fingerprint density at radius 3 is 1.86 bits per heavy atom. The van der Waals surface area contributed by atoms with Gasteiger partial charge in [0.2, 0.25) is 5.84 Å². The minimum Gasteiger partial charge on any atom is -0.345 e. The predicted molar refractivity (Wildman–Crippen MR) is 128 cm³/mol. The van der Waals surface area contributed by atoms with E-state index in [2.05, 4.69) is 26.0 Å². The summed E-state index contributed by atoms with van der Waals surface area (Å²) in [6, 6.07) is 0. The van der Waals surface area contributed by atoms with Crippen LogP contribution in [0.25, 0.3) is 0 Å². The maximum Gasteiger partial charge on any atom is 0.200 e. The molecule has 0 bridgehead atoms. The monoisotopic (exact) mass is 407 g/mol. The second kappa shape index (κ2) is 17.1. The molecule has 1 N–H and O–H groups in total. The lowest BCUT2D eigenvalue weighted by molar-refractivity contribution is -0.882. The van der Waals surface area contributed by atoms with Gasteiger partial charge in [-0.3, -0.25) is 4.48 Å². The van der Waals surface area contributed by atoms with Crippen molar-refractivity contribution in [2.24, 2.45) is 4.99 Å². The summed E-state index contributed by atoms with van der Waals surface area (Å²) in [6.07, 6.45) is 26.0. The van der Waals surface area contributed by atoms with Crippen molar-refractivity contribution in [3.63, 3.8) is 0 Å². The summed E-state index contributed by atoms with van der Waals surface area (Å²) in [4.78, 5) is 4.70. The molecule has 0 radical (unpaired) electrons. The van der Waals surface area contributed by atoms with Crippen LogP contribution in [0.3, 0.4) is 0 Å². The van der Waals surface area contributed by atoms with Crippen molar-refractivity contribution >= 4 is 5.84 Å². The standard InChI is InChI=1S/C26H51N2O/c1-4-6-7-8-9-10-11-12-13-14-15-16-17-18-19-20-21-22-26-27-23-24-28(26,5-2)25(3)29/h17-18,25,29H,4-16,19-24H2,1-3H3/q+1/b18-17+. The molecule has 0 fully saturated rings. The van der Waals surface area contributed by atoms with Crippen LogP contribution in [0.15, 0.2) is 17.1 Å². The molecule has 1 heterocycles. The zero-order valence-electron chi connectivity index (χ0n) is 20.0. The molecule has 0 saturated heterocycles. The van der Waals surface area contributed by atoms with Crippen molar-refractivity contribution in [2.45, 2.75) is 130 Å². The summed E-state index contributed by atoms with van der Waals surface area (Å²) in [5.74, 6) is 1.23. The average molecular weight is 408 g/mol. The predicted octanol–water partition coefficient (Wildman–Crippen LogP) is 7.39. The first-order chi connectivity index (χ1) is 14.2. The number of allylic oxidation sites excluding steroid dienone is 2. The normalized spacial score (nSPS) is 20.5. The molecular formula is C26H51N2O+. The number of hydrogen-bond acceptors (Lipinski definition) is 2. The number of hydrogen-bond donors (Lipinski definition) is 1. The molecule has 1 aliphatic heterocycles. The number of nitrogens with zero attached hydrogens (tertiary/aromatic N) is 2. The first-order valence-electron chi connectivity index (χ1n) is 12.9. The molecule has 0 aromatic carbocycles. The van der Waals surface area contributed by atoms with Crippen molar-refractivity contribution in [3.8, 4) is 0 Å². The fourth-order valence-electron chi connectivity index (χ4n) is 4.64. The van der Waals surface area contributed by atoms with Gasteiger partial charge in [0.1, 0.15) is 6.54 Å². The molecule has 1 rings (SSSR count). The van der Waals surface area contributed by atoms with Gasteiger partial charge in [-0.15, -0.1) is 0 Å². The molecule has 2 atom stereocenters. The first-order valence-corrected chi connectivity index (χ1v) is 12.9. The minimum atomic E-state index is -0.327. The number of quaternary nitrogens is 1. The smallest absolute Gasteiger partial charge is 0.200 e. The van der Waals surface area contributed by atoms with E-state index in [-0.39, 0.29) is 6.23 Å². The van der Waals surface area contributed by atoms with Crippen LogP contribution in [-0.2, 0) is 0 Å². The molecule has 0 aliphatic carbocycles. The number of rotatable bonds is 19. The fourth-order valence-corrected chi connectivity index (χ4v) is 4.64. The molecule has 0 amide bonds. The highest BCUT2D eigenvalue weighted by atomic mass is 16.3. The van der Waals surface area contributed by atoms with Gasteiger partial charge in [-0.05, 0) is 39.0 Å². The Bertz CT molecular complexity index is 444. The quantitative estimate of drug-likeness (QED) is 0.135. The summed E-state index contributed by atoms with van der Waals surface area (Å²) in [7, 11) is 0. The van der Waals surface area contributed by atoms with Gasteiger partial charge in [-0.2, -0.15) is 0 Å². The van der Waals surface area contributed by atoms with E-state index in [1.54, 1.807) is 0 Å². The molecule has 29 heavy (non-hydrogen) atoms. The van der Waals surface area contributed by atoms with Gasteiger partial charge in [0, 0.05) is 13.3 Å². The van der Waals surface area contributed by atoms with Gasteiger partial charge in [0.25, 0.3) is 0 Å². The Balaban J connectivity index is 1.91. The Kier molecular flexibility index (Phi) is 15.5. The summed E-state index contributed by atoms with van der Waals surface area (Å²) in [5.41, 5.74) is 0. The largest absolute Gasteiger partial charge is 0.345 e. The Labute approximate surface area is 182 Å². The number of unbranched alkanes of at least 4 members (excludes halogenated alkanes) is 13. The lowest BCUT2D eigenvalue weighted by atomic mass is 10.1. The van der Waals surface area contributed by atoms with Gasteiger partial charge < -0.3 is 5.11 Å². The molecule has 3 nitrogen and oxygen atoms in total. The molecule has 0 aromatic rings. The van der Waals surface area contributed by atoms with Crippen LogP contribution >= 0.6 is 0 Å². The third-order valence-electron chi connectivity index (χ3n) is 6.75. The molecule has 170 valence electrons. The third-order valence-corrected chi connectivity index (χ3v) is 6.75. The van der Waals surface area contributed by atoms with Crippen molar-refractivity contribution in [3.05, 3.63) is 12.2 Å². The first kappa shape index (κ1) is 26.4. The minimum absolute atomic E-state index is 0.327. The van der Waals surface area contributed by atoms with E-state index in [0.717, 1.165) is 26.1 Å². The molecular weight excluding hydrogens is 356 g/mol. The second-order valence-corrected chi connectivity index (χ2v) is 9.05. The van der Waals surface area contributed by atoms with E-state index in [1.165, 1.54) is 102 Å². The maximum atomic E-state index is 10.2. The van der Waals surface area contributed by atoms with Crippen LogP contribution in [0.1, 0.15) is 124 Å². The number of amidine groups is 1. The Morgan fingerprint density at radius 1 is 0.828 bits per heavy atom. The number of aliphatic hydroxyl groups is 1. The highest BCUT2D eigenvalue weighted by Gasteiger charge is 2.40. The molecule has 1 aliphatic rings. The van der Waals surface area contributed by atoms with Crippen LogP contribution in [0, 0.1) is 0 Å². The maximum absolute atomic E-state index is 10.2. The van der Waals surface area contributed by atoms with Gasteiger partial charge >= 0.3 is 0 Å². The summed E-state index contributed by atoms with van der Waals surface area (Å²) >= 11 is 0. The SMILES string of the molecule is CCCCCCCCCCCCC/C=C/CCCCC1=NCC[N+]1(CC)C(C)O. The highest BCUT2D eigenvalue weighted by Crippen LogP contribution is 2.22. The summed E-state index contributed by atoms with van der Waals surface area (Å²) < 4.78 is 0.703. The van der Waals surface area contributed by atoms with Crippen LogP contribution in [0.2, 0.25) is 0 Å². The summed E-state index contributed by atoms with van der Waals surface area (Å²) in [6.45, 7) is 9.19. The summed E-state index contributed by atoms with van der Waals surface area (Å²) in [5, 5.41) is 10.2. The Hall–Kier alpha value is -0.670.